The van der Waals surface area contributed by atoms with Crippen LogP contribution in [0.25, 0.3) is 0 Å². The fraction of sp³-hybridized carbons (Fsp3) is 0.917. The maximum Gasteiger partial charge on any atom is 0.184 e. The molecule has 0 saturated heterocycles. The molecule has 1 rings (SSSR count). The number of hydrogen-bond acceptors (Lipinski definition) is 4. The van der Waals surface area contributed by atoms with Gasteiger partial charge in [0.25, 0.3) is 0 Å². The number of nitrogens with zero attached hydrogens (tertiary/aromatic N) is 3. The van der Waals surface area contributed by atoms with Gasteiger partial charge >= 0.3 is 0 Å². The number of nitrogens with two attached hydrogens (primary N) is 1. The molecular weight excluding hydrogens is 246 g/mol. The molecule has 0 radical (unpaired) electrons. The first kappa shape index (κ1) is 15.3. The highest BCUT2D eigenvalue weighted by Crippen LogP contribution is 2.30. The van der Waals surface area contributed by atoms with Crippen LogP contribution in [0.2, 0.25) is 0 Å². The van der Waals surface area contributed by atoms with Gasteiger partial charge in [0.2, 0.25) is 0 Å². The molecule has 0 aromatic rings. The first-order valence-corrected chi connectivity index (χ1v) is 6.90. The fourth-order valence-corrected chi connectivity index (χ4v) is 2.11. The molecule has 5 nitrogen and oxygen atoms in total. The van der Waals surface area contributed by atoms with E-state index in [0.717, 1.165) is 25.7 Å². The maximum absolute atomic E-state index is 5.65. The molecule has 0 unspecified atom stereocenters. The van der Waals surface area contributed by atoms with Crippen LogP contribution in [0.4, 0.5) is 0 Å². The second-order valence-corrected chi connectivity index (χ2v) is 6.39. The van der Waals surface area contributed by atoms with E-state index in [4.69, 9.17) is 18.1 Å². The molecule has 1 aliphatic carbocycles. The second kappa shape index (κ2) is 5.93. The molecule has 1 saturated carbocycles. The van der Waals surface area contributed by atoms with Crippen LogP contribution in [0.3, 0.4) is 0 Å². The van der Waals surface area contributed by atoms with Crippen molar-refractivity contribution in [3.63, 3.8) is 0 Å². The Labute approximate surface area is 115 Å². The van der Waals surface area contributed by atoms with Crippen LogP contribution < -0.4 is 11.2 Å². The van der Waals surface area contributed by atoms with E-state index in [1.54, 1.807) is 7.05 Å². The molecule has 0 aromatic heterocycles. The topological polar surface area (TPSA) is 66.0 Å². The third-order valence-electron chi connectivity index (χ3n) is 2.88. The Morgan fingerprint density at radius 1 is 1.28 bits per heavy atom. The zero-order valence-corrected chi connectivity index (χ0v) is 12.7. The summed E-state index contributed by atoms with van der Waals surface area (Å²) >= 11 is 5.23. The number of azo groups is 1. The Balaban J connectivity index is 2.82. The van der Waals surface area contributed by atoms with Gasteiger partial charge in [0, 0.05) is 7.05 Å². The van der Waals surface area contributed by atoms with E-state index in [9.17, 15) is 0 Å². The number of rotatable bonds is 2. The smallest absolute Gasteiger partial charge is 0.184 e. The van der Waals surface area contributed by atoms with Gasteiger partial charge in [-0.15, -0.1) is 0 Å². The molecule has 18 heavy (non-hydrogen) atoms. The molecule has 0 bridgehead atoms. The molecule has 6 heteroatoms. The number of thiocarbonyl (C=S) groups is 1. The Kier molecular flexibility index (Phi) is 5.04. The Hall–Kier alpha value is -0.750. The van der Waals surface area contributed by atoms with Crippen LogP contribution >= 0.6 is 12.2 Å². The van der Waals surface area contributed by atoms with Crippen molar-refractivity contribution in [2.45, 2.75) is 64.1 Å². The van der Waals surface area contributed by atoms with Crippen molar-refractivity contribution in [3.05, 3.63) is 0 Å². The van der Waals surface area contributed by atoms with E-state index in [1.807, 2.05) is 20.8 Å². The molecule has 0 heterocycles. The van der Waals surface area contributed by atoms with E-state index >= 15 is 0 Å². The van der Waals surface area contributed by atoms with Crippen LogP contribution in [0.15, 0.2) is 10.2 Å². The first-order valence-electron chi connectivity index (χ1n) is 6.49. The summed E-state index contributed by atoms with van der Waals surface area (Å²) in [5.41, 5.74) is -0.529. The Morgan fingerprint density at radius 3 is 2.28 bits per heavy atom. The molecule has 3 N–H and O–H groups in total. The molecule has 0 amide bonds. The molecular formula is C12H25N5S. The number of hydrogen-bond donors (Lipinski definition) is 2. The predicted octanol–water partition coefficient (Wildman–Crippen LogP) is 2.58. The van der Waals surface area contributed by atoms with Gasteiger partial charge in [0.05, 0.1) is 5.54 Å². The van der Waals surface area contributed by atoms with Gasteiger partial charge in [0.1, 0.15) is 0 Å². The van der Waals surface area contributed by atoms with Crippen molar-refractivity contribution in [2.24, 2.45) is 16.1 Å². The first-order chi connectivity index (χ1) is 8.24. The Bertz CT molecular complexity index is 313. The third-order valence-corrected chi connectivity index (χ3v) is 3.27. The van der Waals surface area contributed by atoms with Crippen LogP contribution in [0.5, 0.6) is 0 Å². The summed E-state index contributed by atoms with van der Waals surface area (Å²) in [6.07, 6.45) is 5.46. The van der Waals surface area contributed by atoms with Crippen molar-refractivity contribution in [1.82, 2.24) is 10.3 Å². The van der Waals surface area contributed by atoms with Crippen molar-refractivity contribution in [1.29, 1.82) is 0 Å². The van der Waals surface area contributed by atoms with Crippen molar-refractivity contribution in [3.8, 4) is 0 Å². The van der Waals surface area contributed by atoms with Gasteiger partial charge < -0.3 is 5.32 Å². The third kappa shape index (κ3) is 4.86. The summed E-state index contributed by atoms with van der Waals surface area (Å²) in [6.45, 7) is 6.13. The lowest BCUT2D eigenvalue weighted by molar-refractivity contribution is 0.248. The zero-order valence-electron chi connectivity index (χ0n) is 11.9. The minimum absolute atomic E-state index is 0.164. The van der Waals surface area contributed by atoms with E-state index in [2.05, 4.69) is 15.5 Å². The standard InChI is InChI=1S/C12H25N5S/c1-11(2,3)15-16-12(8-6-5-7-9-12)14-10(18)17(4)13/h5-9,13H2,1-4H3,(H,14,18). The fourth-order valence-electron chi connectivity index (χ4n) is 1.92. The molecule has 0 spiro atoms. The van der Waals surface area contributed by atoms with E-state index < -0.39 is 0 Å². The highest BCUT2D eigenvalue weighted by Gasteiger charge is 2.33. The minimum atomic E-state index is -0.365. The van der Waals surface area contributed by atoms with Crippen molar-refractivity contribution in [2.75, 3.05) is 7.05 Å². The quantitative estimate of drug-likeness (QED) is 0.351. The molecule has 0 aromatic carbocycles. The summed E-state index contributed by atoms with van der Waals surface area (Å²) < 4.78 is 0. The van der Waals surface area contributed by atoms with Crippen LogP contribution in [0, 0.1) is 0 Å². The normalized spacial score (nSPS) is 19.8. The lowest BCUT2D eigenvalue weighted by Crippen LogP contribution is -2.53. The summed E-state index contributed by atoms with van der Waals surface area (Å²) in [7, 11) is 1.73. The predicted molar refractivity (Wildman–Crippen MR) is 78.1 cm³/mol. The minimum Gasteiger partial charge on any atom is -0.336 e. The SMILES string of the molecule is CN(N)C(=S)NC1(N=NC(C)(C)C)CCCCC1. The van der Waals surface area contributed by atoms with Gasteiger partial charge in [-0.05, 0) is 58.7 Å². The number of hydrazine groups is 1. The largest absolute Gasteiger partial charge is 0.336 e. The molecule has 1 fully saturated rings. The van der Waals surface area contributed by atoms with Gasteiger partial charge in [0.15, 0.2) is 10.8 Å². The summed E-state index contributed by atoms with van der Waals surface area (Å²) in [4.78, 5) is 0. The van der Waals surface area contributed by atoms with Gasteiger partial charge in [-0.25, -0.2) is 5.84 Å². The highest BCUT2D eigenvalue weighted by atomic mass is 32.1. The van der Waals surface area contributed by atoms with Gasteiger partial charge in [-0.3, -0.25) is 5.01 Å². The monoisotopic (exact) mass is 271 g/mol. The molecule has 0 aliphatic heterocycles. The highest BCUT2D eigenvalue weighted by molar-refractivity contribution is 7.80. The molecule has 104 valence electrons. The van der Waals surface area contributed by atoms with Crippen LogP contribution in [-0.4, -0.2) is 28.4 Å². The summed E-state index contributed by atoms with van der Waals surface area (Å²) in [5.74, 6) is 5.65. The number of nitrogens with one attached hydrogen (secondary N) is 1. The van der Waals surface area contributed by atoms with E-state index in [1.165, 1.54) is 11.4 Å². The zero-order chi connectivity index (χ0) is 13.8. The average molecular weight is 271 g/mol. The lowest BCUT2D eigenvalue weighted by atomic mass is 9.89. The molecule has 1 aliphatic rings. The Morgan fingerprint density at radius 2 is 1.83 bits per heavy atom. The van der Waals surface area contributed by atoms with Crippen LogP contribution in [-0.2, 0) is 0 Å². The van der Waals surface area contributed by atoms with Gasteiger partial charge in [-0.2, -0.15) is 10.2 Å². The van der Waals surface area contributed by atoms with Gasteiger partial charge in [-0.1, -0.05) is 6.42 Å². The van der Waals surface area contributed by atoms with Crippen molar-refractivity contribution >= 4 is 17.3 Å². The second-order valence-electron chi connectivity index (χ2n) is 6.00. The van der Waals surface area contributed by atoms with Crippen LogP contribution in [0.1, 0.15) is 52.9 Å². The van der Waals surface area contributed by atoms with E-state index in [0.29, 0.717) is 5.11 Å². The summed E-state index contributed by atoms with van der Waals surface area (Å²) in [5, 5.41) is 14.2. The lowest BCUT2D eigenvalue weighted by Gasteiger charge is -2.36. The summed E-state index contributed by atoms with van der Waals surface area (Å²) in [6, 6.07) is 0. The van der Waals surface area contributed by atoms with E-state index in [-0.39, 0.29) is 11.2 Å². The average Bonchev–Trinajstić information content (AvgIpc) is 2.27. The molecule has 0 atom stereocenters. The van der Waals surface area contributed by atoms with Crippen molar-refractivity contribution < 1.29 is 0 Å². The maximum atomic E-state index is 5.65.